The summed E-state index contributed by atoms with van der Waals surface area (Å²) in [7, 11) is 0. The fraction of sp³-hybridized carbons (Fsp3) is 0.350. The van der Waals surface area contributed by atoms with E-state index in [1.807, 2.05) is 30.5 Å². The number of para-hydroxylation sites is 2. The molecule has 0 saturated carbocycles. The Kier molecular flexibility index (Phi) is 4.94. The van der Waals surface area contributed by atoms with E-state index in [0.29, 0.717) is 5.69 Å². The zero-order chi connectivity index (χ0) is 19.8. The average molecular weight is 427 g/mol. The number of fused-ring (bicyclic) bond motifs is 1. The molecule has 3 aromatic rings. The number of thiazole rings is 2. The second-order valence-electron chi connectivity index (χ2n) is 7.18. The molecule has 2 aromatic heterocycles. The number of nitrogens with one attached hydrogen (secondary N) is 2. The molecule has 1 fully saturated rings. The van der Waals surface area contributed by atoms with E-state index in [2.05, 4.69) is 36.5 Å². The maximum atomic E-state index is 12.9. The van der Waals surface area contributed by atoms with Crippen LogP contribution < -0.4 is 20.4 Å². The maximum Gasteiger partial charge on any atom is 0.275 e. The summed E-state index contributed by atoms with van der Waals surface area (Å²) in [4.78, 5) is 27.8. The molecule has 0 spiro atoms. The smallest absolute Gasteiger partial charge is 0.275 e. The summed E-state index contributed by atoms with van der Waals surface area (Å²) in [6.07, 6.45) is 0. The number of hydrogen-bond acceptors (Lipinski definition) is 8. The van der Waals surface area contributed by atoms with Gasteiger partial charge >= 0.3 is 0 Å². The van der Waals surface area contributed by atoms with Crippen LogP contribution in [0, 0.1) is 6.92 Å². The Labute approximate surface area is 177 Å². The quantitative estimate of drug-likeness (QED) is 0.668. The lowest BCUT2D eigenvalue weighted by Crippen LogP contribution is -2.43. The number of hydrogen-bond donors (Lipinski definition) is 2. The normalized spacial score (nSPS) is 16.2. The number of aromatic nitrogens is 2. The van der Waals surface area contributed by atoms with E-state index < -0.39 is 0 Å². The highest BCUT2D eigenvalue weighted by molar-refractivity contribution is 7.14. The minimum Gasteiger partial charge on any atom is -0.367 e. The second kappa shape index (κ2) is 7.74. The minimum atomic E-state index is -0.168. The number of amides is 1. The lowest BCUT2D eigenvalue weighted by Gasteiger charge is -2.31. The molecule has 1 aromatic carbocycles. The molecule has 0 atom stereocenters. The van der Waals surface area contributed by atoms with Gasteiger partial charge in [-0.15, -0.1) is 22.7 Å². The van der Waals surface area contributed by atoms with Crippen LogP contribution in [0.2, 0.25) is 0 Å². The van der Waals surface area contributed by atoms with Crippen molar-refractivity contribution in [3.05, 3.63) is 50.9 Å². The van der Waals surface area contributed by atoms with Crippen molar-refractivity contribution < 1.29 is 4.79 Å². The third kappa shape index (κ3) is 3.73. The number of rotatable bonds is 4. The lowest BCUT2D eigenvalue weighted by atomic mass is 10.2. The van der Waals surface area contributed by atoms with E-state index in [9.17, 15) is 4.79 Å². The molecule has 4 heterocycles. The molecule has 150 valence electrons. The fourth-order valence-electron chi connectivity index (χ4n) is 3.77. The fourth-order valence-corrected chi connectivity index (χ4v) is 5.53. The average Bonchev–Trinajstić information content (AvgIpc) is 3.43. The molecule has 1 saturated heterocycles. The molecular formula is C20H22N6OS2. The predicted molar refractivity (Wildman–Crippen MR) is 118 cm³/mol. The summed E-state index contributed by atoms with van der Waals surface area (Å²) in [5, 5.41) is 10.2. The van der Waals surface area contributed by atoms with Gasteiger partial charge in [-0.1, -0.05) is 12.1 Å². The topological polar surface area (TPSA) is 73.4 Å². The molecule has 2 aliphatic heterocycles. The number of aryl methyl sites for hydroxylation is 1. The first-order chi connectivity index (χ1) is 14.2. The van der Waals surface area contributed by atoms with Gasteiger partial charge in [0.15, 0.2) is 5.13 Å². The molecule has 9 heteroatoms. The van der Waals surface area contributed by atoms with Gasteiger partial charge in [0, 0.05) is 36.4 Å². The monoisotopic (exact) mass is 426 g/mol. The summed E-state index contributed by atoms with van der Waals surface area (Å²) < 4.78 is 0. The van der Waals surface area contributed by atoms with E-state index in [4.69, 9.17) is 0 Å². The number of anilines is 3. The van der Waals surface area contributed by atoms with Crippen molar-refractivity contribution in [3.8, 4) is 0 Å². The van der Waals surface area contributed by atoms with Gasteiger partial charge in [-0.25, -0.2) is 9.97 Å². The van der Waals surface area contributed by atoms with Crippen LogP contribution in [-0.2, 0) is 13.1 Å². The highest BCUT2D eigenvalue weighted by atomic mass is 32.1. The van der Waals surface area contributed by atoms with Crippen LogP contribution in [0.25, 0.3) is 0 Å². The van der Waals surface area contributed by atoms with Gasteiger partial charge in [0.05, 0.1) is 35.2 Å². The standard InChI is InChI=1S/C20H22N6OS2/c1-13-22-15-10-26(11-18(15)29-13)20-24-16(12-28-20)19(27)23-14-4-2-3-5-17(14)25-8-6-21-7-9-25/h2-5,12,21H,6-11H2,1H3,(H,23,27). The third-order valence-electron chi connectivity index (χ3n) is 5.17. The predicted octanol–water partition coefficient (Wildman–Crippen LogP) is 3.09. The molecule has 5 rings (SSSR count). The van der Waals surface area contributed by atoms with Crippen LogP contribution in [0.15, 0.2) is 29.6 Å². The van der Waals surface area contributed by atoms with Gasteiger partial charge in [0.25, 0.3) is 5.91 Å². The molecule has 2 aliphatic rings. The summed E-state index contributed by atoms with van der Waals surface area (Å²) in [5.74, 6) is -0.168. The molecular weight excluding hydrogens is 404 g/mol. The largest absolute Gasteiger partial charge is 0.367 e. The zero-order valence-corrected chi connectivity index (χ0v) is 17.8. The Morgan fingerprint density at radius 1 is 1.14 bits per heavy atom. The van der Waals surface area contributed by atoms with Crippen LogP contribution in [-0.4, -0.2) is 42.1 Å². The summed E-state index contributed by atoms with van der Waals surface area (Å²) in [5.41, 5.74) is 3.48. The van der Waals surface area contributed by atoms with E-state index in [-0.39, 0.29) is 5.91 Å². The van der Waals surface area contributed by atoms with Crippen molar-refractivity contribution in [2.75, 3.05) is 41.3 Å². The Morgan fingerprint density at radius 3 is 2.79 bits per heavy atom. The number of nitrogens with zero attached hydrogens (tertiary/aromatic N) is 4. The molecule has 29 heavy (non-hydrogen) atoms. The first-order valence-electron chi connectivity index (χ1n) is 9.69. The lowest BCUT2D eigenvalue weighted by molar-refractivity contribution is 0.102. The molecule has 0 radical (unpaired) electrons. The van der Waals surface area contributed by atoms with Gasteiger partial charge < -0.3 is 20.4 Å². The van der Waals surface area contributed by atoms with Crippen molar-refractivity contribution in [1.82, 2.24) is 15.3 Å². The SMILES string of the molecule is Cc1nc2c(s1)CN(c1nc(C(=O)Nc3ccccc3N3CCNCC3)cs1)C2. The number of carbonyl (C=O) groups excluding carboxylic acids is 1. The first-order valence-corrected chi connectivity index (χ1v) is 11.4. The van der Waals surface area contributed by atoms with Crippen molar-refractivity contribution >= 4 is 45.1 Å². The van der Waals surface area contributed by atoms with Crippen LogP contribution in [0.3, 0.4) is 0 Å². The van der Waals surface area contributed by atoms with Crippen LogP contribution in [0.5, 0.6) is 0 Å². The minimum absolute atomic E-state index is 0.168. The van der Waals surface area contributed by atoms with Crippen LogP contribution >= 0.6 is 22.7 Å². The number of carbonyl (C=O) groups is 1. The van der Waals surface area contributed by atoms with E-state index >= 15 is 0 Å². The Balaban J connectivity index is 1.30. The van der Waals surface area contributed by atoms with Crippen molar-refractivity contribution in [2.24, 2.45) is 0 Å². The summed E-state index contributed by atoms with van der Waals surface area (Å²) in [6.45, 7) is 7.39. The molecule has 1 amide bonds. The highest BCUT2D eigenvalue weighted by Gasteiger charge is 2.26. The van der Waals surface area contributed by atoms with Crippen LogP contribution in [0.4, 0.5) is 16.5 Å². The van der Waals surface area contributed by atoms with Gasteiger partial charge in [0.1, 0.15) is 5.69 Å². The van der Waals surface area contributed by atoms with Crippen molar-refractivity contribution in [2.45, 2.75) is 20.0 Å². The zero-order valence-electron chi connectivity index (χ0n) is 16.1. The third-order valence-corrected chi connectivity index (χ3v) is 7.06. The van der Waals surface area contributed by atoms with Gasteiger partial charge in [-0.3, -0.25) is 4.79 Å². The molecule has 7 nitrogen and oxygen atoms in total. The number of benzene rings is 1. The Bertz CT molecular complexity index is 1020. The summed E-state index contributed by atoms with van der Waals surface area (Å²) >= 11 is 3.25. The highest BCUT2D eigenvalue weighted by Crippen LogP contribution is 2.33. The first kappa shape index (κ1) is 18.5. The van der Waals surface area contributed by atoms with Crippen LogP contribution in [0.1, 0.15) is 26.1 Å². The molecule has 2 N–H and O–H groups in total. The Hall–Kier alpha value is -2.49. The molecule has 0 aliphatic carbocycles. The van der Waals surface area contributed by atoms with E-state index in [0.717, 1.165) is 66.5 Å². The van der Waals surface area contributed by atoms with E-state index in [1.54, 1.807) is 11.3 Å². The number of piperazine rings is 1. The molecule has 0 unspecified atom stereocenters. The Morgan fingerprint density at radius 2 is 1.97 bits per heavy atom. The van der Waals surface area contributed by atoms with E-state index in [1.165, 1.54) is 16.2 Å². The van der Waals surface area contributed by atoms with Crippen molar-refractivity contribution in [3.63, 3.8) is 0 Å². The van der Waals surface area contributed by atoms with Crippen molar-refractivity contribution in [1.29, 1.82) is 0 Å². The van der Waals surface area contributed by atoms with Gasteiger partial charge in [-0.2, -0.15) is 0 Å². The summed E-state index contributed by atoms with van der Waals surface area (Å²) in [6, 6.07) is 7.97. The van der Waals surface area contributed by atoms with Gasteiger partial charge in [0.2, 0.25) is 0 Å². The molecule has 0 bridgehead atoms. The maximum absolute atomic E-state index is 12.9. The van der Waals surface area contributed by atoms with Gasteiger partial charge in [-0.05, 0) is 19.1 Å². The second-order valence-corrected chi connectivity index (χ2v) is 9.31.